The first-order valence-electron chi connectivity index (χ1n) is 9.01. The number of hydrogen-bond acceptors (Lipinski definition) is 4. The van der Waals surface area contributed by atoms with E-state index >= 15 is 0 Å². The van der Waals surface area contributed by atoms with E-state index in [0.29, 0.717) is 6.04 Å². The monoisotopic (exact) mass is 358 g/mol. The quantitative estimate of drug-likeness (QED) is 0.855. The number of halogens is 1. The van der Waals surface area contributed by atoms with E-state index in [1.165, 1.54) is 24.8 Å². The Morgan fingerprint density at radius 1 is 1.04 bits per heavy atom. The molecular formula is C20H27ClN4. The van der Waals surface area contributed by atoms with Crippen LogP contribution in [-0.2, 0) is 6.54 Å². The number of benzene rings is 1. The average Bonchev–Trinajstić information content (AvgIpc) is 3.34. The highest BCUT2D eigenvalue weighted by molar-refractivity contribution is 5.85. The Bertz CT molecular complexity index is 651. The van der Waals surface area contributed by atoms with Gasteiger partial charge < -0.3 is 10.2 Å². The first-order valence-corrected chi connectivity index (χ1v) is 9.01. The summed E-state index contributed by atoms with van der Waals surface area (Å²) in [6.07, 6.45) is 6.04. The Kier molecular flexibility index (Phi) is 5.94. The third kappa shape index (κ3) is 4.32. The lowest BCUT2D eigenvalue weighted by atomic mass is 10.1. The molecule has 2 aromatic rings. The van der Waals surface area contributed by atoms with E-state index in [0.717, 1.165) is 37.2 Å². The lowest BCUT2D eigenvalue weighted by Crippen LogP contribution is -2.38. The van der Waals surface area contributed by atoms with E-state index in [1.807, 2.05) is 12.3 Å². The molecule has 1 aromatic heterocycles. The molecule has 1 aliphatic carbocycles. The van der Waals surface area contributed by atoms with Gasteiger partial charge in [0.25, 0.3) is 0 Å². The molecule has 25 heavy (non-hydrogen) atoms. The number of pyridine rings is 1. The summed E-state index contributed by atoms with van der Waals surface area (Å²) in [6.45, 7) is 3.32. The van der Waals surface area contributed by atoms with Crippen LogP contribution in [0.3, 0.4) is 0 Å². The van der Waals surface area contributed by atoms with Gasteiger partial charge in [-0.15, -0.1) is 12.4 Å². The minimum absolute atomic E-state index is 0. The van der Waals surface area contributed by atoms with Gasteiger partial charge in [-0.25, -0.2) is 4.98 Å². The van der Waals surface area contributed by atoms with E-state index < -0.39 is 0 Å². The number of nitrogens with zero attached hydrogens (tertiary/aromatic N) is 3. The Labute approximate surface area is 156 Å². The van der Waals surface area contributed by atoms with Crippen molar-refractivity contribution >= 4 is 23.9 Å². The molecule has 1 unspecified atom stereocenters. The van der Waals surface area contributed by atoms with E-state index in [1.54, 1.807) is 0 Å². The second kappa shape index (κ2) is 8.17. The molecule has 1 saturated carbocycles. The summed E-state index contributed by atoms with van der Waals surface area (Å²) in [5.74, 6) is 0.991. The van der Waals surface area contributed by atoms with Gasteiger partial charge in [-0.3, -0.25) is 4.90 Å². The van der Waals surface area contributed by atoms with Crippen LogP contribution in [0.4, 0.5) is 11.5 Å². The van der Waals surface area contributed by atoms with Gasteiger partial charge in [0.15, 0.2) is 0 Å². The predicted octanol–water partition coefficient (Wildman–Crippen LogP) is 3.60. The molecular weight excluding hydrogens is 332 g/mol. The molecule has 2 heterocycles. The molecule has 1 N–H and O–H groups in total. The number of nitrogens with one attached hydrogen (secondary N) is 1. The van der Waals surface area contributed by atoms with Gasteiger partial charge in [0.05, 0.1) is 0 Å². The Morgan fingerprint density at radius 2 is 1.84 bits per heavy atom. The van der Waals surface area contributed by atoms with Gasteiger partial charge in [0, 0.05) is 44.1 Å². The van der Waals surface area contributed by atoms with Gasteiger partial charge in [0.1, 0.15) is 5.82 Å². The summed E-state index contributed by atoms with van der Waals surface area (Å²) < 4.78 is 0. The fourth-order valence-electron chi connectivity index (χ4n) is 3.59. The number of rotatable bonds is 6. The summed E-state index contributed by atoms with van der Waals surface area (Å²) in [6, 6.07) is 16.2. The van der Waals surface area contributed by atoms with Crippen LogP contribution in [0.5, 0.6) is 0 Å². The van der Waals surface area contributed by atoms with Gasteiger partial charge in [-0.05, 0) is 49.6 Å². The molecule has 1 aromatic carbocycles. The molecule has 1 saturated heterocycles. The molecule has 2 fully saturated rings. The van der Waals surface area contributed by atoms with Crippen LogP contribution in [0.15, 0.2) is 48.7 Å². The highest BCUT2D eigenvalue weighted by Gasteiger charge is 2.35. The van der Waals surface area contributed by atoms with Crippen molar-refractivity contribution in [1.82, 2.24) is 15.2 Å². The molecule has 1 aliphatic heterocycles. The molecule has 4 rings (SSSR count). The second-order valence-electron chi connectivity index (χ2n) is 6.97. The number of hydrogen-bond donors (Lipinski definition) is 1. The lowest BCUT2D eigenvalue weighted by molar-refractivity contribution is 0.188. The first kappa shape index (κ1) is 18.2. The van der Waals surface area contributed by atoms with Crippen LogP contribution in [0.2, 0.25) is 0 Å². The minimum Gasteiger partial charge on any atom is -0.329 e. The molecule has 0 spiro atoms. The van der Waals surface area contributed by atoms with Crippen molar-refractivity contribution in [3.05, 3.63) is 54.2 Å². The minimum atomic E-state index is 0. The van der Waals surface area contributed by atoms with Gasteiger partial charge in [-0.2, -0.15) is 0 Å². The van der Waals surface area contributed by atoms with Crippen molar-refractivity contribution < 1.29 is 0 Å². The third-order valence-corrected chi connectivity index (χ3v) is 5.18. The Morgan fingerprint density at radius 3 is 2.44 bits per heavy atom. The zero-order valence-electron chi connectivity index (χ0n) is 14.8. The molecule has 2 aliphatic rings. The second-order valence-corrected chi connectivity index (χ2v) is 6.97. The first-order chi connectivity index (χ1) is 11.8. The highest BCUT2D eigenvalue weighted by Crippen LogP contribution is 2.32. The third-order valence-electron chi connectivity index (χ3n) is 5.18. The van der Waals surface area contributed by atoms with Crippen LogP contribution < -0.4 is 10.2 Å². The van der Waals surface area contributed by atoms with Crippen LogP contribution >= 0.6 is 12.4 Å². The Hall–Kier alpha value is -1.62. The van der Waals surface area contributed by atoms with Crippen molar-refractivity contribution in [2.24, 2.45) is 0 Å². The zero-order valence-corrected chi connectivity index (χ0v) is 15.6. The van der Waals surface area contributed by atoms with Crippen molar-refractivity contribution in [1.29, 1.82) is 0 Å². The molecule has 0 bridgehead atoms. The normalized spacial score (nSPS) is 19.7. The smallest absolute Gasteiger partial charge is 0.132 e. The predicted molar refractivity (Wildman–Crippen MR) is 106 cm³/mol. The highest BCUT2D eigenvalue weighted by atomic mass is 35.5. The van der Waals surface area contributed by atoms with Crippen molar-refractivity contribution in [3.63, 3.8) is 0 Å². The van der Waals surface area contributed by atoms with Crippen LogP contribution in [0, 0.1) is 0 Å². The van der Waals surface area contributed by atoms with Gasteiger partial charge >= 0.3 is 0 Å². The van der Waals surface area contributed by atoms with Crippen LogP contribution in [-0.4, -0.2) is 42.1 Å². The maximum Gasteiger partial charge on any atom is 0.132 e. The Balaban J connectivity index is 0.00000182. The molecule has 134 valence electrons. The summed E-state index contributed by atoms with van der Waals surface area (Å²) in [7, 11) is 2.07. The van der Waals surface area contributed by atoms with Crippen LogP contribution in [0.25, 0.3) is 0 Å². The maximum atomic E-state index is 4.70. The molecule has 1 atom stereocenters. The van der Waals surface area contributed by atoms with E-state index in [9.17, 15) is 0 Å². The maximum absolute atomic E-state index is 4.70. The average molecular weight is 359 g/mol. The number of anilines is 2. The number of para-hydroxylation sites is 1. The largest absolute Gasteiger partial charge is 0.329 e. The van der Waals surface area contributed by atoms with Crippen molar-refractivity contribution in [2.45, 2.75) is 37.9 Å². The van der Waals surface area contributed by atoms with Crippen molar-refractivity contribution in [3.8, 4) is 0 Å². The topological polar surface area (TPSA) is 31.4 Å². The fourth-order valence-corrected chi connectivity index (χ4v) is 3.59. The van der Waals surface area contributed by atoms with E-state index in [-0.39, 0.29) is 12.4 Å². The molecule has 0 radical (unpaired) electrons. The lowest BCUT2D eigenvalue weighted by Gasteiger charge is -2.28. The summed E-state index contributed by atoms with van der Waals surface area (Å²) in [4.78, 5) is 9.52. The summed E-state index contributed by atoms with van der Waals surface area (Å²) in [5, 5.41) is 3.50. The molecule has 5 heteroatoms. The van der Waals surface area contributed by atoms with Crippen LogP contribution in [0.1, 0.15) is 24.8 Å². The molecule has 0 amide bonds. The SMILES string of the molecule is CN(c1ccccc1)c1ccc(CN(C2CC2)C2CCNC2)cn1.Cl. The van der Waals surface area contributed by atoms with Gasteiger partial charge in [-0.1, -0.05) is 24.3 Å². The van der Waals surface area contributed by atoms with Gasteiger partial charge in [0.2, 0.25) is 0 Å². The van der Waals surface area contributed by atoms with E-state index in [4.69, 9.17) is 4.98 Å². The van der Waals surface area contributed by atoms with E-state index in [2.05, 4.69) is 58.6 Å². The number of aromatic nitrogens is 1. The fraction of sp³-hybridized carbons (Fsp3) is 0.450. The standard InChI is InChI=1S/C20H26N4.ClH/c1-23(17-5-3-2-4-6-17)20-10-7-16(13-22-20)15-24(18-8-9-18)19-11-12-21-14-19;/h2-7,10,13,18-19,21H,8-9,11-12,14-15H2,1H3;1H. The zero-order chi connectivity index (χ0) is 16.4. The van der Waals surface area contributed by atoms with Crippen molar-refractivity contribution in [2.75, 3.05) is 25.0 Å². The molecule has 4 nitrogen and oxygen atoms in total. The summed E-state index contributed by atoms with van der Waals surface area (Å²) in [5.41, 5.74) is 2.48. The summed E-state index contributed by atoms with van der Waals surface area (Å²) >= 11 is 0.